The molecule has 4 nitrogen and oxygen atoms in total. The van der Waals surface area contributed by atoms with Crippen molar-refractivity contribution in [2.75, 3.05) is 5.73 Å². The van der Waals surface area contributed by atoms with Gasteiger partial charge in [-0.05, 0) is 25.1 Å². The zero-order chi connectivity index (χ0) is 14.9. The molecule has 0 saturated carbocycles. The lowest BCUT2D eigenvalue weighted by Crippen LogP contribution is -2.06. The number of alkyl halides is 3. The molecule has 0 saturated heterocycles. The molecule has 0 amide bonds. The summed E-state index contributed by atoms with van der Waals surface area (Å²) in [5.41, 5.74) is 4.34. The molecular weight excluding hydrogens is 278 g/mol. The van der Waals surface area contributed by atoms with Crippen molar-refractivity contribution in [3.05, 3.63) is 41.6 Å². The molecule has 0 aliphatic heterocycles. The van der Waals surface area contributed by atoms with Gasteiger partial charge in [-0.3, -0.25) is 0 Å². The zero-order valence-corrected chi connectivity index (χ0v) is 10.2. The van der Waals surface area contributed by atoms with Crippen molar-refractivity contribution in [1.29, 1.82) is 0 Å². The summed E-state index contributed by atoms with van der Waals surface area (Å²) in [6.45, 7) is 1.40. The number of benzene rings is 1. The van der Waals surface area contributed by atoms with Gasteiger partial charge in [-0.25, -0.2) is 4.98 Å². The normalized spacial score (nSPS) is 11.4. The Morgan fingerprint density at radius 3 is 2.50 bits per heavy atom. The van der Waals surface area contributed by atoms with E-state index >= 15 is 0 Å². The third kappa shape index (κ3) is 2.79. The largest absolute Gasteiger partial charge is 0.434 e. The maximum absolute atomic E-state index is 13.6. The summed E-state index contributed by atoms with van der Waals surface area (Å²) in [7, 11) is 0. The summed E-state index contributed by atoms with van der Waals surface area (Å²) in [4.78, 5) is 7.16. The van der Waals surface area contributed by atoms with Crippen molar-refractivity contribution in [3.8, 4) is 11.6 Å². The predicted molar refractivity (Wildman–Crippen MR) is 62.7 cm³/mol. The van der Waals surface area contributed by atoms with Crippen molar-refractivity contribution in [2.24, 2.45) is 0 Å². The Morgan fingerprint density at radius 2 is 1.90 bits per heavy atom. The molecule has 106 valence electrons. The minimum atomic E-state index is -4.51. The Kier molecular flexibility index (Phi) is 3.47. The highest BCUT2D eigenvalue weighted by Gasteiger charge is 2.31. The van der Waals surface area contributed by atoms with Crippen LogP contribution in [-0.2, 0) is 6.18 Å². The van der Waals surface area contributed by atoms with E-state index in [4.69, 9.17) is 10.5 Å². The number of aryl methyl sites for hydroxylation is 1. The molecule has 0 atom stereocenters. The van der Waals surface area contributed by atoms with E-state index in [9.17, 15) is 17.6 Å². The highest BCUT2D eigenvalue weighted by Crippen LogP contribution is 2.35. The first-order valence-electron chi connectivity index (χ1n) is 5.40. The van der Waals surface area contributed by atoms with Crippen LogP contribution < -0.4 is 10.5 Å². The first-order valence-corrected chi connectivity index (χ1v) is 5.40. The Morgan fingerprint density at radius 1 is 1.20 bits per heavy atom. The molecule has 0 aliphatic carbocycles. The van der Waals surface area contributed by atoms with E-state index in [1.54, 1.807) is 0 Å². The van der Waals surface area contributed by atoms with Crippen LogP contribution >= 0.6 is 0 Å². The van der Waals surface area contributed by atoms with Crippen molar-refractivity contribution >= 4 is 5.69 Å². The average molecular weight is 287 g/mol. The molecular formula is C12H9F4N3O. The Bertz CT molecular complexity index is 643. The van der Waals surface area contributed by atoms with Crippen molar-refractivity contribution in [2.45, 2.75) is 13.1 Å². The fourth-order valence-electron chi connectivity index (χ4n) is 1.43. The number of halogens is 4. The number of rotatable bonds is 2. The van der Waals surface area contributed by atoms with Crippen LogP contribution in [0.5, 0.6) is 11.6 Å². The Balaban J connectivity index is 2.33. The SMILES string of the molecule is Cc1ncnc(Oc2ccc(C(F)(F)F)cc2N)c1F. The fourth-order valence-corrected chi connectivity index (χ4v) is 1.43. The molecule has 0 radical (unpaired) electrons. The van der Waals surface area contributed by atoms with Crippen LogP contribution in [0.3, 0.4) is 0 Å². The maximum Gasteiger partial charge on any atom is 0.416 e. The smallest absolute Gasteiger partial charge is 0.416 e. The van der Waals surface area contributed by atoms with Crippen LogP contribution in [0.2, 0.25) is 0 Å². The highest BCUT2D eigenvalue weighted by atomic mass is 19.4. The lowest BCUT2D eigenvalue weighted by molar-refractivity contribution is -0.137. The zero-order valence-electron chi connectivity index (χ0n) is 10.2. The topological polar surface area (TPSA) is 61.0 Å². The number of hydrogen-bond acceptors (Lipinski definition) is 4. The monoisotopic (exact) mass is 287 g/mol. The van der Waals surface area contributed by atoms with Crippen molar-refractivity contribution in [1.82, 2.24) is 9.97 Å². The summed E-state index contributed by atoms with van der Waals surface area (Å²) < 4.78 is 56.1. The molecule has 20 heavy (non-hydrogen) atoms. The molecule has 0 aliphatic rings. The van der Waals surface area contributed by atoms with Gasteiger partial charge in [0.2, 0.25) is 5.82 Å². The van der Waals surface area contributed by atoms with Crippen molar-refractivity contribution in [3.63, 3.8) is 0 Å². The van der Waals surface area contributed by atoms with Crippen molar-refractivity contribution < 1.29 is 22.3 Å². The molecule has 0 spiro atoms. The second-order valence-corrected chi connectivity index (χ2v) is 3.93. The Hall–Kier alpha value is -2.38. The second kappa shape index (κ2) is 4.95. The molecule has 2 aromatic rings. The van der Waals surface area contributed by atoms with Gasteiger partial charge in [0, 0.05) is 0 Å². The van der Waals surface area contributed by atoms with Gasteiger partial charge < -0.3 is 10.5 Å². The van der Waals surface area contributed by atoms with Crippen LogP contribution in [0.15, 0.2) is 24.5 Å². The number of nitrogens with zero attached hydrogens (tertiary/aromatic N) is 2. The molecule has 1 aromatic carbocycles. The number of anilines is 1. The number of hydrogen-bond donors (Lipinski definition) is 1. The van der Waals surface area contributed by atoms with Crippen LogP contribution in [0.4, 0.5) is 23.2 Å². The van der Waals surface area contributed by atoms with Gasteiger partial charge >= 0.3 is 6.18 Å². The molecule has 0 bridgehead atoms. The summed E-state index contributed by atoms with van der Waals surface area (Å²) in [5, 5.41) is 0. The van der Waals surface area contributed by atoms with E-state index in [0.29, 0.717) is 6.07 Å². The fraction of sp³-hybridized carbons (Fsp3) is 0.167. The van der Waals surface area contributed by atoms with E-state index < -0.39 is 23.4 Å². The first kappa shape index (κ1) is 14.0. The standard InChI is InChI=1S/C12H9F4N3O/c1-6-10(13)11(19-5-18-6)20-9-3-2-7(4-8(9)17)12(14,15)16/h2-5H,17H2,1H3. The number of aromatic nitrogens is 2. The summed E-state index contributed by atoms with van der Waals surface area (Å²) >= 11 is 0. The van der Waals surface area contributed by atoms with Gasteiger partial charge in [0.1, 0.15) is 6.33 Å². The van der Waals surface area contributed by atoms with Crippen LogP contribution in [0.1, 0.15) is 11.3 Å². The van der Waals surface area contributed by atoms with Crippen LogP contribution in [-0.4, -0.2) is 9.97 Å². The van der Waals surface area contributed by atoms with Crippen LogP contribution in [0.25, 0.3) is 0 Å². The Labute approximate surface area is 111 Å². The molecule has 2 N–H and O–H groups in total. The van der Waals surface area contributed by atoms with Gasteiger partial charge in [-0.2, -0.15) is 22.5 Å². The van der Waals surface area contributed by atoms with Gasteiger partial charge in [-0.1, -0.05) is 0 Å². The number of ether oxygens (including phenoxy) is 1. The van der Waals surface area contributed by atoms with Gasteiger partial charge in [0.05, 0.1) is 16.9 Å². The highest BCUT2D eigenvalue weighted by molar-refractivity contribution is 5.55. The predicted octanol–water partition coefficient (Wildman–Crippen LogP) is 3.32. The van der Waals surface area contributed by atoms with E-state index in [2.05, 4.69) is 9.97 Å². The lowest BCUT2D eigenvalue weighted by Gasteiger charge is -2.11. The number of nitrogen functional groups attached to an aromatic ring is 1. The van der Waals surface area contributed by atoms with E-state index in [0.717, 1.165) is 18.5 Å². The molecule has 8 heteroatoms. The van der Waals surface area contributed by atoms with E-state index in [-0.39, 0.29) is 17.1 Å². The second-order valence-electron chi connectivity index (χ2n) is 3.93. The first-order chi connectivity index (χ1) is 9.29. The third-order valence-corrected chi connectivity index (χ3v) is 2.48. The minimum Gasteiger partial charge on any atom is -0.434 e. The van der Waals surface area contributed by atoms with Gasteiger partial charge in [0.15, 0.2) is 5.75 Å². The maximum atomic E-state index is 13.6. The van der Waals surface area contributed by atoms with E-state index in [1.807, 2.05) is 0 Å². The summed E-state index contributed by atoms with van der Waals surface area (Å²) in [5.74, 6) is -1.31. The van der Waals surface area contributed by atoms with Crippen LogP contribution in [0, 0.1) is 12.7 Å². The molecule has 0 fully saturated rings. The molecule has 1 aromatic heterocycles. The minimum absolute atomic E-state index is 0.0560. The summed E-state index contributed by atoms with van der Waals surface area (Å²) in [6, 6.07) is 2.51. The van der Waals surface area contributed by atoms with Gasteiger partial charge in [-0.15, -0.1) is 0 Å². The van der Waals surface area contributed by atoms with E-state index in [1.165, 1.54) is 6.92 Å². The quantitative estimate of drug-likeness (QED) is 0.680. The number of nitrogens with two attached hydrogens (primary N) is 1. The molecule has 0 unspecified atom stereocenters. The molecule has 1 heterocycles. The lowest BCUT2D eigenvalue weighted by atomic mass is 10.2. The average Bonchev–Trinajstić information content (AvgIpc) is 2.36. The van der Waals surface area contributed by atoms with Gasteiger partial charge in [0.25, 0.3) is 5.88 Å². The third-order valence-electron chi connectivity index (χ3n) is 2.48. The summed E-state index contributed by atoms with van der Waals surface area (Å²) in [6.07, 6.45) is -3.43. The molecule has 2 rings (SSSR count).